The highest BCUT2D eigenvalue weighted by Crippen LogP contribution is 2.44. The van der Waals surface area contributed by atoms with Gasteiger partial charge in [0.2, 0.25) is 0 Å². The zero-order chi connectivity index (χ0) is 27.9. The average Bonchev–Trinajstić information content (AvgIpc) is 3.39. The predicted octanol–water partition coefficient (Wildman–Crippen LogP) is 5.61. The summed E-state index contributed by atoms with van der Waals surface area (Å²) in [5.74, 6) is 2.71. The van der Waals surface area contributed by atoms with Crippen molar-refractivity contribution < 1.29 is 21.6 Å². The minimum atomic E-state index is -5.27. The fourth-order valence-electron chi connectivity index (χ4n) is 7.38. The van der Waals surface area contributed by atoms with Crippen LogP contribution in [0, 0.1) is 12.8 Å². The summed E-state index contributed by atoms with van der Waals surface area (Å²) in [5.41, 5.74) is -4.05. The number of benzene rings is 1. The molecule has 0 aliphatic carbocycles. The summed E-state index contributed by atoms with van der Waals surface area (Å²) < 4.78 is 66.2. The van der Waals surface area contributed by atoms with Crippen LogP contribution >= 0.6 is 0 Å². The lowest BCUT2D eigenvalue weighted by Crippen LogP contribution is -2.46. The Kier molecular flexibility index (Phi) is 8.14. The highest BCUT2D eigenvalue weighted by atomic mass is 32.2. The van der Waals surface area contributed by atoms with Crippen molar-refractivity contribution in [1.29, 1.82) is 0 Å². The lowest BCUT2D eigenvalue weighted by Gasteiger charge is -2.42. The molecular weight excluding hydrogens is 527 g/mol. The van der Waals surface area contributed by atoms with Gasteiger partial charge in [-0.05, 0) is 75.8 Å². The third kappa shape index (κ3) is 5.63. The van der Waals surface area contributed by atoms with Gasteiger partial charge in [-0.3, -0.25) is 4.90 Å². The molecule has 5 rings (SSSR count). The van der Waals surface area contributed by atoms with E-state index < -0.39 is 15.5 Å². The van der Waals surface area contributed by atoms with Crippen molar-refractivity contribution in [3.8, 4) is 0 Å². The fourth-order valence-corrected chi connectivity index (χ4v) is 8.36. The third-order valence-electron chi connectivity index (χ3n) is 9.26. The number of alkyl halides is 3. The Hall–Kier alpha value is -1.98. The summed E-state index contributed by atoms with van der Waals surface area (Å²) in [5, 5.41) is 8.83. The Morgan fingerprint density at radius 2 is 1.56 bits per heavy atom. The van der Waals surface area contributed by atoms with Gasteiger partial charge in [-0.25, -0.2) is 8.42 Å². The first kappa shape index (κ1) is 28.5. The molecule has 3 fully saturated rings. The number of hydrogen-bond acceptors (Lipinski definition) is 5. The zero-order valence-corrected chi connectivity index (χ0v) is 23.8. The Morgan fingerprint density at radius 3 is 2.13 bits per heavy atom. The second kappa shape index (κ2) is 11.1. The molecule has 0 radical (unpaired) electrons. The summed E-state index contributed by atoms with van der Waals surface area (Å²) in [4.78, 5) is 2.67. The molecule has 2 bridgehead atoms. The number of hydrogen-bond donors (Lipinski definition) is 0. The molecule has 1 aromatic heterocycles. The van der Waals surface area contributed by atoms with Gasteiger partial charge in [-0.15, -0.1) is 10.2 Å². The van der Waals surface area contributed by atoms with E-state index in [2.05, 4.69) is 45.6 Å². The van der Waals surface area contributed by atoms with Crippen LogP contribution in [-0.4, -0.2) is 69.6 Å². The van der Waals surface area contributed by atoms with Crippen molar-refractivity contribution in [1.82, 2.24) is 24.0 Å². The fraction of sp³-hybridized carbons (Fsp3) is 0.714. The molecule has 216 valence electrons. The number of aromatic nitrogens is 3. The maximum Gasteiger partial charge on any atom is 0.511 e. The minimum Gasteiger partial charge on any atom is -0.312 e. The largest absolute Gasteiger partial charge is 0.511 e. The van der Waals surface area contributed by atoms with Gasteiger partial charge < -0.3 is 4.57 Å². The van der Waals surface area contributed by atoms with Crippen LogP contribution < -0.4 is 0 Å². The smallest absolute Gasteiger partial charge is 0.312 e. The SMILES string of the molecule is Cc1nnc(C(C)C)n1C1CC2CCC(C1)N2CC[C@@H](c1ccccc1)C1CCN(S(=O)(=O)C(F)(F)F)CC1. The quantitative estimate of drug-likeness (QED) is 0.415. The van der Waals surface area contributed by atoms with Gasteiger partial charge >= 0.3 is 15.5 Å². The molecule has 0 N–H and O–H groups in total. The normalized spacial score (nSPS) is 26.4. The van der Waals surface area contributed by atoms with E-state index in [1.54, 1.807) is 0 Å². The molecule has 0 saturated carbocycles. The van der Waals surface area contributed by atoms with Crippen LogP contribution in [0.4, 0.5) is 13.2 Å². The number of nitrogens with zero attached hydrogens (tertiary/aromatic N) is 5. The van der Waals surface area contributed by atoms with Gasteiger partial charge in [-0.1, -0.05) is 44.2 Å². The molecule has 39 heavy (non-hydrogen) atoms. The van der Waals surface area contributed by atoms with Gasteiger partial charge in [-0.2, -0.15) is 17.5 Å². The van der Waals surface area contributed by atoms with Gasteiger partial charge in [0.15, 0.2) is 0 Å². The summed E-state index contributed by atoms with van der Waals surface area (Å²) in [6, 6.07) is 11.6. The van der Waals surface area contributed by atoms with Gasteiger partial charge in [0, 0.05) is 37.1 Å². The molecule has 0 amide bonds. The van der Waals surface area contributed by atoms with Crippen molar-refractivity contribution in [2.45, 2.75) is 101 Å². The van der Waals surface area contributed by atoms with E-state index in [-0.39, 0.29) is 24.9 Å². The van der Waals surface area contributed by atoms with Gasteiger partial charge in [0.25, 0.3) is 0 Å². The van der Waals surface area contributed by atoms with Gasteiger partial charge in [0.1, 0.15) is 11.6 Å². The second-order valence-corrected chi connectivity index (χ2v) is 13.8. The standard InChI is InChI=1S/C28H40F3N5O2S/c1-19(2)27-33-32-20(3)36(27)25-17-23-9-10-24(18-25)35(23)16-13-26(21-7-5-4-6-8-21)22-11-14-34(15-12-22)39(37,38)28(29,30)31/h4-8,19,22-26H,9-18H2,1-3H3/t23?,24?,25?,26-/m0/s1. The van der Waals surface area contributed by atoms with E-state index in [9.17, 15) is 21.6 Å². The number of fused-ring (bicyclic) bond motifs is 2. The van der Waals surface area contributed by atoms with Crippen LogP contribution in [0.2, 0.25) is 0 Å². The van der Waals surface area contributed by atoms with E-state index in [4.69, 9.17) is 0 Å². The monoisotopic (exact) mass is 567 g/mol. The molecule has 11 heteroatoms. The first-order chi connectivity index (χ1) is 18.5. The van der Waals surface area contributed by atoms with E-state index in [0.717, 1.165) is 37.5 Å². The Labute approximate surface area is 229 Å². The second-order valence-electron chi connectivity index (χ2n) is 11.9. The average molecular weight is 568 g/mol. The molecule has 3 aliphatic rings. The predicted molar refractivity (Wildman–Crippen MR) is 144 cm³/mol. The number of aryl methyl sites for hydroxylation is 1. The topological polar surface area (TPSA) is 71.3 Å². The summed E-state index contributed by atoms with van der Waals surface area (Å²) >= 11 is 0. The molecule has 3 saturated heterocycles. The van der Waals surface area contributed by atoms with Crippen LogP contribution in [0.15, 0.2) is 30.3 Å². The first-order valence-corrected chi connectivity index (χ1v) is 15.7. The van der Waals surface area contributed by atoms with Crippen molar-refractivity contribution in [3.63, 3.8) is 0 Å². The molecule has 1 aromatic carbocycles. The van der Waals surface area contributed by atoms with E-state index in [1.165, 1.54) is 18.4 Å². The maximum atomic E-state index is 13.1. The number of piperidine rings is 2. The first-order valence-electron chi connectivity index (χ1n) is 14.3. The number of halogens is 3. The van der Waals surface area contributed by atoms with Crippen LogP contribution in [0.3, 0.4) is 0 Å². The van der Waals surface area contributed by atoms with E-state index in [0.29, 0.717) is 41.2 Å². The molecule has 2 unspecified atom stereocenters. The highest BCUT2D eigenvalue weighted by Gasteiger charge is 2.51. The molecule has 7 nitrogen and oxygen atoms in total. The number of sulfonamides is 1. The van der Waals surface area contributed by atoms with Gasteiger partial charge in [0.05, 0.1) is 0 Å². The molecule has 4 heterocycles. The molecule has 3 atom stereocenters. The molecular formula is C28H40F3N5O2S. The van der Waals surface area contributed by atoms with Crippen molar-refractivity contribution in [2.75, 3.05) is 19.6 Å². The Balaban J connectivity index is 1.26. The molecule has 3 aliphatic heterocycles. The van der Waals surface area contributed by atoms with Crippen molar-refractivity contribution in [3.05, 3.63) is 47.5 Å². The number of rotatable bonds is 8. The Bertz CT molecular complexity index is 1210. The highest BCUT2D eigenvalue weighted by molar-refractivity contribution is 7.90. The van der Waals surface area contributed by atoms with Crippen LogP contribution in [0.1, 0.15) is 93.9 Å². The summed E-state index contributed by atoms with van der Waals surface area (Å²) in [6.45, 7) is 7.16. The maximum absolute atomic E-state index is 13.1. The van der Waals surface area contributed by atoms with Crippen molar-refractivity contribution in [2.24, 2.45) is 5.92 Å². The molecule has 0 spiro atoms. The van der Waals surface area contributed by atoms with Crippen molar-refractivity contribution >= 4 is 10.0 Å². The minimum absolute atomic E-state index is 0.0804. The van der Waals surface area contributed by atoms with E-state index >= 15 is 0 Å². The van der Waals surface area contributed by atoms with E-state index in [1.807, 2.05) is 25.1 Å². The lowest BCUT2D eigenvalue weighted by atomic mass is 9.78. The van der Waals surface area contributed by atoms with Crippen LogP contribution in [0.5, 0.6) is 0 Å². The third-order valence-corrected chi connectivity index (χ3v) is 10.9. The molecule has 2 aromatic rings. The van der Waals surface area contributed by atoms with Crippen LogP contribution in [0.25, 0.3) is 0 Å². The lowest BCUT2D eigenvalue weighted by molar-refractivity contribution is -0.0497. The van der Waals surface area contributed by atoms with Crippen LogP contribution in [-0.2, 0) is 10.0 Å². The Morgan fingerprint density at radius 1 is 0.949 bits per heavy atom. The summed E-state index contributed by atoms with van der Waals surface area (Å²) in [6.07, 6.45) is 6.33. The zero-order valence-electron chi connectivity index (χ0n) is 23.0. The summed E-state index contributed by atoms with van der Waals surface area (Å²) in [7, 11) is -5.27.